The topological polar surface area (TPSA) is 16.4 Å². The monoisotopic (exact) mass is 739 g/mol. The highest BCUT2D eigenvalue weighted by Gasteiger charge is 2.21. The van der Waals surface area contributed by atoms with E-state index < -0.39 is 0 Å². The zero-order valence-corrected chi connectivity index (χ0v) is 31.7. The molecule has 0 atom stereocenters. The van der Waals surface area contributed by atoms with Crippen LogP contribution in [0.5, 0.6) is 0 Å². The highest BCUT2D eigenvalue weighted by atomic mass is 16.3. The Kier molecular flexibility index (Phi) is 8.19. The number of nitrogens with zero attached hydrogens (tertiary/aromatic N) is 1. The summed E-state index contributed by atoms with van der Waals surface area (Å²) in [6, 6.07) is 80.7. The first-order valence-corrected chi connectivity index (χ1v) is 19.8. The van der Waals surface area contributed by atoms with Crippen molar-refractivity contribution in [2.75, 3.05) is 4.90 Å². The highest BCUT2D eigenvalue weighted by molar-refractivity contribution is 6.10. The lowest BCUT2D eigenvalue weighted by Crippen LogP contribution is -2.11. The van der Waals surface area contributed by atoms with E-state index in [-0.39, 0.29) is 0 Å². The van der Waals surface area contributed by atoms with E-state index in [2.05, 4.69) is 217 Å². The summed E-state index contributed by atoms with van der Waals surface area (Å²) in [6.07, 6.45) is 0. The molecule has 272 valence electrons. The molecule has 0 saturated heterocycles. The minimum Gasteiger partial charge on any atom is -0.456 e. The molecule has 1 aromatic heterocycles. The first kappa shape index (κ1) is 33.6. The van der Waals surface area contributed by atoms with Crippen LogP contribution in [0.4, 0.5) is 17.1 Å². The van der Waals surface area contributed by atoms with E-state index in [0.29, 0.717) is 0 Å². The van der Waals surface area contributed by atoms with E-state index in [4.69, 9.17) is 4.42 Å². The van der Waals surface area contributed by atoms with Gasteiger partial charge in [-0.05, 0) is 96.9 Å². The maximum absolute atomic E-state index is 6.47. The summed E-state index contributed by atoms with van der Waals surface area (Å²) in [7, 11) is 0. The number of furan rings is 1. The number of benzene rings is 10. The highest BCUT2D eigenvalue weighted by Crippen LogP contribution is 2.46. The normalized spacial score (nSPS) is 11.4. The molecule has 1 heterocycles. The lowest BCUT2D eigenvalue weighted by atomic mass is 9.90. The molecule has 0 aliphatic carbocycles. The Morgan fingerprint density at radius 3 is 1.64 bits per heavy atom. The van der Waals surface area contributed by atoms with Crippen molar-refractivity contribution in [1.29, 1.82) is 0 Å². The maximum Gasteiger partial charge on any atom is 0.137 e. The molecule has 2 heteroatoms. The van der Waals surface area contributed by atoms with Crippen molar-refractivity contribution in [1.82, 2.24) is 0 Å². The van der Waals surface area contributed by atoms with E-state index in [0.717, 1.165) is 50.1 Å². The van der Waals surface area contributed by atoms with Gasteiger partial charge < -0.3 is 9.32 Å². The molecule has 11 rings (SSSR count). The molecular weight excluding hydrogens is 703 g/mol. The van der Waals surface area contributed by atoms with Crippen molar-refractivity contribution >= 4 is 60.5 Å². The number of para-hydroxylation sites is 2. The van der Waals surface area contributed by atoms with Crippen LogP contribution in [0.2, 0.25) is 0 Å². The summed E-state index contributed by atoms with van der Waals surface area (Å²) in [5, 5.41) is 7.19. The van der Waals surface area contributed by atoms with E-state index in [1.807, 2.05) is 12.1 Å². The smallest absolute Gasteiger partial charge is 0.137 e. The molecule has 10 aromatic carbocycles. The third-order valence-electron chi connectivity index (χ3n) is 11.5. The number of hydrogen-bond donors (Lipinski definition) is 0. The van der Waals surface area contributed by atoms with Gasteiger partial charge in [0.2, 0.25) is 0 Å². The number of fused-ring (bicyclic) bond motifs is 5. The fourth-order valence-electron chi connectivity index (χ4n) is 8.72. The van der Waals surface area contributed by atoms with Gasteiger partial charge in [0, 0.05) is 33.8 Å². The summed E-state index contributed by atoms with van der Waals surface area (Å²) in [5.74, 6) is 0. The van der Waals surface area contributed by atoms with Gasteiger partial charge in [0.1, 0.15) is 11.2 Å². The molecule has 0 amide bonds. The van der Waals surface area contributed by atoms with Crippen LogP contribution in [0.1, 0.15) is 0 Å². The number of anilines is 3. The molecule has 0 spiro atoms. The second kappa shape index (κ2) is 14.1. The molecular formula is C56H37NO. The molecule has 0 N–H and O–H groups in total. The summed E-state index contributed by atoms with van der Waals surface area (Å²) < 4.78 is 6.47. The van der Waals surface area contributed by atoms with Crippen LogP contribution in [0.3, 0.4) is 0 Å². The van der Waals surface area contributed by atoms with Crippen LogP contribution >= 0.6 is 0 Å². The standard InChI is InChI=1S/C56H37NO/c1-2-13-41(14-3-1)48-23-11-17-43-18-12-24-52(56(43)48)49-20-6-8-25-53(49)57(45-35-36-51-50-21-7-9-26-54(50)58-55(51)37-45)44-33-31-39(32-34-44)38-27-29-42(30-28-38)47-22-10-16-40-15-4-5-19-46(40)47/h1-37H. The predicted molar refractivity (Wildman–Crippen MR) is 245 cm³/mol. The third kappa shape index (κ3) is 5.82. The average Bonchev–Trinajstić information content (AvgIpc) is 3.67. The van der Waals surface area contributed by atoms with E-state index in [1.54, 1.807) is 0 Å². The van der Waals surface area contributed by atoms with Crippen molar-refractivity contribution in [3.8, 4) is 44.5 Å². The molecule has 0 saturated carbocycles. The molecule has 2 nitrogen and oxygen atoms in total. The fourth-order valence-corrected chi connectivity index (χ4v) is 8.72. The van der Waals surface area contributed by atoms with Gasteiger partial charge in [0.15, 0.2) is 0 Å². The Bertz CT molecular complexity index is 3260. The number of rotatable bonds is 7. The lowest BCUT2D eigenvalue weighted by molar-refractivity contribution is 0.669. The summed E-state index contributed by atoms with van der Waals surface area (Å²) in [4.78, 5) is 2.37. The zero-order chi connectivity index (χ0) is 38.4. The van der Waals surface area contributed by atoms with Gasteiger partial charge in [-0.2, -0.15) is 0 Å². The van der Waals surface area contributed by atoms with Gasteiger partial charge in [-0.25, -0.2) is 0 Å². The molecule has 11 aromatic rings. The van der Waals surface area contributed by atoms with Crippen LogP contribution in [-0.2, 0) is 0 Å². The van der Waals surface area contributed by atoms with Gasteiger partial charge in [0.25, 0.3) is 0 Å². The first-order valence-electron chi connectivity index (χ1n) is 19.8. The largest absolute Gasteiger partial charge is 0.456 e. The Hall–Kier alpha value is -7.68. The van der Waals surface area contributed by atoms with Gasteiger partial charge in [-0.15, -0.1) is 0 Å². The van der Waals surface area contributed by atoms with Crippen LogP contribution in [-0.4, -0.2) is 0 Å². The molecule has 0 radical (unpaired) electrons. The Morgan fingerprint density at radius 1 is 0.293 bits per heavy atom. The second-order valence-electron chi connectivity index (χ2n) is 14.9. The van der Waals surface area contributed by atoms with Crippen molar-refractivity contribution in [3.05, 3.63) is 224 Å². The summed E-state index contributed by atoms with van der Waals surface area (Å²) in [5.41, 5.74) is 14.5. The minimum atomic E-state index is 0.862. The van der Waals surface area contributed by atoms with Gasteiger partial charge in [-0.1, -0.05) is 182 Å². The van der Waals surface area contributed by atoms with Crippen molar-refractivity contribution in [3.63, 3.8) is 0 Å². The first-order chi connectivity index (χ1) is 28.8. The van der Waals surface area contributed by atoms with Crippen LogP contribution in [0, 0.1) is 0 Å². The number of hydrogen-bond acceptors (Lipinski definition) is 2. The Morgan fingerprint density at radius 2 is 0.828 bits per heavy atom. The van der Waals surface area contributed by atoms with Crippen molar-refractivity contribution in [2.45, 2.75) is 0 Å². The molecule has 0 unspecified atom stereocenters. The van der Waals surface area contributed by atoms with E-state index >= 15 is 0 Å². The van der Waals surface area contributed by atoms with Crippen LogP contribution in [0.15, 0.2) is 229 Å². The quantitative estimate of drug-likeness (QED) is 0.162. The molecule has 0 bridgehead atoms. The minimum absolute atomic E-state index is 0.862. The van der Waals surface area contributed by atoms with Gasteiger partial charge in [-0.3, -0.25) is 0 Å². The second-order valence-corrected chi connectivity index (χ2v) is 14.9. The Labute approximate surface area is 337 Å². The van der Waals surface area contributed by atoms with Crippen LogP contribution in [0.25, 0.3) is 88.0 Å². The SMILES string of the molecule is c1ccc(-c2cccc3cccc(-c4ccccc4N(c4ccc(-c5ccc(-c6cccc7ccccc67)cc5)cc4)c4ccc5c(c4)oc4ccccc45)c23)cc1. The van der Waals surface area contributed by atoms with Crippen LogP contribution < -0.4 is 4.90 Å². The van der Waals surface area contributed by atoms with Gasteiger partial charge in [0.05, 0.1) is 5.69 Å². The predicted octanol–water partition coefficient (Wildman–Crippen LogP) is 16.0. The van der Waals surface area contributed by atoms with Gasteiger partial charge >= 0.3 is 0 Å². The molecule has 0 fully saturated rings. The maximum atomic E-state index is 6.47. The summed E-state index contributed by atoms with van der Waals surface area (Å²) in [6.45, 7) is 0. The van der Waals surface area contributed by atoms with Crippen molar-refractivity contribution in [2.24, 2.45) is 0 Å². The van der Waals surface area contributed by atoms with Crippen molar-refractivity contribution < 1.29 is 4.42 Å². The molecule has 58 heavy (non-hydrogen) atoms. The van der Waals surface area contributed by atoms with E-state index in [1.165, 1.54) is 54.9 Å². The fraction of sp³-hybridized carbons (Fsp3) is 0. The molecule has 0 aliphatic heterocycles. The average molecular weight is 740 g/mol. The Balaban J connectivity index is 1.05. The zero-order valence-electron chi connectivity index (χ0n) is 31.7. The van der Waals surface area contributed by atoms with E-state index in [9.17, 15) is 0 Å². The lowest BCUT2D eigenvalue weighted by Gasteiger charge is -2.28. The molecule has 0 aliphatic rings. The summed E-state index contributed by atoms with van der Waals surface area (Å²) >= 11 is 0. The third-order valence-corrected chi connectivity index (χ3v) is 11.5.